The van der Waals surface area contributed by atoms with Gasteiger partial charge >= 0.3 is 0 Å². The first-order valence-electron chi connectivity index (χ1n) is 9.31. The number of hydrogen-bond donors (Lipinski definition) is 1. The molecular formula is C19H29ClIN3O3. The zero-order valence-electron chi connectivity index (χ0n) is 16.0. The fraction of sp³-hybridized carbons (Fsp3) is 0.632. The fourth-order valence-corrected chi connectivity index (χ4v) is 3.71. The molecule has 1 saturated heterocycles. The molecule has 2 aliphatic heterocycles. The molecule has 0 spiro atoms. The maximum Gasteiger partial charge on any atom is 0.193 e. The predicted octanol–water partition coefficient (Wildman–Crippen LogP) is 3.21. The number of likely N-dealkylation sites (tertiary alicyclic amines) is 1. The van der Waals surface area contributed by atoms with Crippen molar-refractivity contribution in [3.63, 3.8) is 0 Å². The first kappa shape index (κ1) is 22.4. The molecule has 2 heterocycles. The molecule has 0 amide bonds. The summed E-state index contributed by atoms with van der Waals surface area (Å²) in [6, 6.07) is 3.95. The molecule has 8 heteroatoms. The van der Waals surface area contributed by atoms with Crippen molar-refractivity contribution in [3.05, 3.63) is 22.7 Å². The molecule has 0 aromatic heterocycles. The minimum absolute atomic E-state index is 0. The summed E-state index contributed by atoms with van der Waals surface area (Å²) in [4.78, 5) is 7.13. The number of methoxy groups -OCH3 is 1. The van der Waals surface area contributed by atoms with Crippen LogP contribution in [0, 0.1) is 5.92 Å². The number of aliphatic imine (C=N–C) groups is 1. The molecule has 1 unspecified atom stereocenters. The summed E-state index contributed by atoms with van der Waals surface area (Å²) in [5.74, 6) is 2.95. The highest BCUT2D eigenvalue weighted by molar-refractivity contribution is 14.0. The molecule has 0 aliphatic carbocycles. The summed E-state index contributed by atoms with van der Waals surface area (Å²) in [6.07, 6.45) is 1.95. The van der Waals surface area contributed by atoms with E-state index in [4.69, 9.17) is 30.8 Å². The van der Waals surface area contributed by atoms with Gasteiger partial charge in [0.2, 0.25) is 0 Å². The molecular weight excluding hydrogens is 481 g/mol. The third-order valence-electron chi connectivity index (χ3n) is 4.64. The number of nitrogens with zero attached hydrogens (tertiary/aromatic N) is 2. The summed E-state index contributed by atoms with van der Waals surface area (Å²) >= 11 is 6.31. The number of rotatable bonds is 6. The van der Waals surface area contributed by atoms with Gasteiger partial charge in [-0.15, -0.1) is 24.0 Å². The summed E-state index contributed by atoms with van der Waals surface area (Å²) in [5, 5.41) is 4.01. The van der Waals surface area contributed by atoms with E-state index in [0.29, 0.717) is 36.4 Å². The van der Waals surface area contributed by atoms with Gasteiger partial charge in [-0.3, -0.25) is 4.99 Å². The van der Waals surface area contributed by atoms with E-state index in [-0.39, 0.29) is 24.0 Å². The number of nitrogens with one attached hydrogen (secondary N) is 1. The van der Waals surface area contributed by atoms with Crippen LogP contribution in [0.15, 0.2) is 17.1 Å². The monoisotopic (exact) mass is 509 g/mol. The number of fused-ring (bicyclic) bond motifs is 1. The quantitative estimate of drug-likeness (QED) is 0.363. The Balaban J connectivity index is 0.00000261. The highest BCUT2D eigenvalue weighted by Gasteiger charge is 2.24. The van der Waals surface area contributed by atoms with E-state index in [0.717, 1.165) is 56.4 Å². The normalized spacial score (nSPS) is 19.0. The molecule has 0 radical (unpaired) electrons. The summed E-state index contributed by atoms with van der Waals surface area (Å²) in [6.45, 7) is 7.59. The Morgan fingerprint density at radius 2 is 2.19 bits per heavy atom. The van der Waals surface area contributed by atoms with Crippen molar-refractivity contribution in [2.75, 3.05) is 53.1 Å². The SMILES string of the molecule is CCNC(=NCCc1cc(Cl)c2c(c1)OCCO2)N1CCC(COC)C1.I. The van der Waals surface area contributed by atoms with Gasteiger partial charge in [-0.05, 0) is 37.5 Å². The largest absolute Gasteiger partial charge is 0.486 e. The number of ether oxygens (including phenoxy) is 3. The van der Waals surface area contributed by atoms with Crippen molar-refractivity contribution in [2.24, 2.45) is 10.9 Å². The van der Waals surface area contributed by atoms with Crippen molar-refractivity contribution in [1.82, 2.24) is 10.2 Å². The van der Waals surface area contributed by atoms with Crippen molar-refractivity contribution in [3.8, 4) is 11.5 Å². The fourth-order valence-electron chi connectivity index (χ4n) is 3.42. The highest BCUT2D eigenvalue weighted by Crippen LogP contribution is 2.38. The Bertz CT molecular complexity index is 645. The molecule has 1 N–H and O–H groups in total. The van der Waals surface area contributed by atoms with E-state index in [1.807, 2.05) is 12.1 Å². The lowest BCUT2D eigenvalue weighted by Gasteiger charge is -2.22. The second kappa shape index (κ2) is 11.2. The molecule has 0 saturated carbocycles. The van der Waals surface area contributed by atoms with Crippen molar-refractivity contribution >= 4 is 41.5 Å². The molecule has 1 aromatic carbocycles. The summed E-state index contributed by atoms with van der Waals surface area (Å²) in [7, 11) is 1.76. The van der Waals surface area contributed by atoms with Gasteiger partial charge in [-0.2, -0.15) is 0 Å². The Morgan fingerprint density at radius 1 is 1.37 bits per heavy atom. The van der Waals surface area contributed by atoms with Crippen LogP contribution in [0.1, 0.15) is 18.9 Å². The van der Waals surface area contributed by atoms with Crippen LogP contribution in [-0.2, 0) is 11.2 Å². The Hall–Kier alpha value is -0.930. The predicted molar refractivity (Wildman–Crippen MR) is 119 cm³/mol. The topological polar surface area (TPSA) is 55.3 Å². The molecule has 27 heavy (non-hydrogen) atoms. The molecule has 1 fully saturated rings. The van der Waals surface area contributed by atoms with E-state index in [9.17, 15) is 0 Å². The van der Waals surface area contributed by atoms with Crippen LogP contribution in [0.5, 0.6) is 11.5 Å². The van der Waals surface area contributed by atoms with Gasteiger partial charge in [0.1, 0.15) is 13.2 Å². The molecule has 1 atom stereocenters. The van der Waals surface area contributed by atoms with Crippen LogP contribution in [0.25, 0.3) is 0 Å². The van der Waals surface area contributed by atoms with E-state index in [1.165, 1.54) is 0 Å². The highest BCUT2D eigenvalue weighted by atomic mass is 127. The lowest BCUT2D eigenvalue weighted by atomic mass is 10.1. The van der Waals surface area contributed by atoms with Crippen molar-refractivity contribution in [2.45, 2.75) is 19.8 Å². The van der Waals surface area contributed by atoms with Gasteiger partial charge < -0.3 is 24.4 Å². The second-order valence-corrected chi connectivity index (χ2v) is 7.05. The van der Waals surface area contributed by atoms with Crippen LogP contribution < -0.4 is 14.8 Å². The van der Waals surface area contributed by atoms with Crippen LogP contribution in [0.2, 0.25) is 5.02 Å². The van der Waals surface area contributed by atoms with E-state index >= 15 is 0 Å². The average molecular weight is 510 g/mol. The second-order valence-electron chi connectivity index (χ2n) is 6.64. The third kappa shape index (κ3) is 6.02. The van der Waals surface area contributed by atoms with Crippen molar-refractivity contribution in [1.29, 1.82) is 0 Å². The van der Waals surface area contributed by atoms with Gasteiger partial charge in [-0.1, -0.05) is 11.6 Å². The van der Waals surface area contributed by atoms with Crippen LogP contribution in [0.4, 0.5) is 0 Å². The van der Waals surface area contributed by atoms with Crippen LogP contribution >= 0.6 is 35.6 Å². The van der Waals surface area contributed by atoms with Gasteiger partial charge in [0.05, 0.1) is 11.6 Å². The molecule has 3 rings (SSSR count). The smallest absolute Gasteiger partial charge is 0.193 e. The third-order valence-corrected chi connectivity index (χ3v) is 4.92. The van der Waals surface area contributed by atoms with Gasteiger partial charge in [0, 0.05) is 39.2 Å². The molecule has 2 aliphatic rings. The summed E-state index contributed by atoms with van der Waals surface area (Å²) < 4.78 is 16.5. The minimum Gasteiger partial charge on any atom is -0.486 e. The first-order valence-corrected chi connectivity index (χ1v) is 9.69. The minimum atomic E-state index is 0. The standard InChI is InChI=1S/C19H28ClN3O3.HI/c1-3-21-19(23-7-5-15(12-23)13-24-2)22-6-4-14-10-16(20)18-17(11-14)25-8-9-26-18;/h10-11,15H,3-9,12-13H2,1-2H3,(H,21,22);1H. The number of halogens is 2. The Kier molecular flexibility index (Phi) is 9.25. The zero-order valence-corrected chi connectivity index (χ0v) is 19.1. The maximum atomic E-state index is 6.31. The lowest BCUT2D eigenvalue weighted by molar-refractivity contribution is 0.157. The zero-order chi connectivity index (χ0) is 18.4. The molecule has 152 valence electrons. The lowest BCUT2D eigenvalue weighted by Crippen LogP contribution is -2.40. The molecule has 0 bridgehead atoms. The number of hydrogen-bond acceptors (Lipinski definition) is 4. The number of guanidine groups is 1. The average Bonchev–Trinajstić information content (AvgIpc) is 3.10. The van der Waals surface area contributed by atoms with Crippen molar-refractivity contribution < 1.29 is 14.2 Å². The number of benzene rings is 1. The first-order chi connectivity index (χ1) is 12.7. The van der Waals surface area contributed by atoms with Crippen LogP contribution in [-0.4, -0.2) is 64.0 Å². The van der Waals surface area contributed by atoms with E-state index < -0.39 is 0 Å². The molecule has 1 aromatic rings. The van der Waals surface area contributed by atoms with E-state index in [2.05, 4.69) is 17.1 Å². The maximum absolute atomic E-state index is 6.31. The van der Waals surface area contributed by atoms with E-state index in [1.54, 1.807) is 7.11 Å². The summed E-state index contributed by atoms with van der Waals surface area (Å²) in [5.41, 5.74) is 1.11. The van der Waals surface area contributed by atoms with Gasteiger partial charge in [-0.25, -0.2) is 0 Å². The van der Waals surface area contributed by atoms with Gasteiger partial charge in [0.25, 0.3) is 0 Å². The van der Waals surface area contributed by atoms with Crippen LogP contribution in [0.3, 0.4) is 0 Å². The Labute approximate surface area is 183 Å². The molecule has 6 nitrogen and oxygen atoms in total. The Morgan fingerprint density at radius 3 is 2.96 bits per heavy atom. The van der Waals surface area contributed by atoms with Gasteiger partial charge in [0.15, 0.2) is 17.5 Å².